The Labute approximate surface area is 190 Å². The SMILES string of the molecule is Cc1ncc(-c2ncc(F)c(OC3CN(C(=O)N4N=CCC4c4cc(F)cc(F)c4)C3)n2)s1. The van der Waals surface area contributed by atoms with Crippen molar-refractivity contribution < 1.29 is 22.7 Å². The van der Waals surface area contributed by atoms with Gasteiger partial charge in [0.2, 0.25) is 5.82 Å². The minimum atomic E-state index is -0.721. The number of hydrogen-bond acceptors (Lipinski definition) is 7. The maximum atomic E-state index is 14.2. The highest BCUT2D eigenvalue weighted by atomic mass is 32.1. The summed E-state index contributed by atoms with van der Waals surface area (Å²) in [6.07, 6.45) is 4.05. The molecule has 8 nitrogen and oxygen atoms in total. The first-order valence-electron chi connectivity index (χ1n) is 10.1. The van der Waals surface area contributed by atoms with Crippen molar-refractivity contribution in [2.75, 3.05) is 13.1 Å². The molecule has 0 N–H and O–H groups in total. The van der Waals surface area contributed by atoms with E-state index in [9.17, 15) is 18.0 Å². The number of halogens is 3. The second-order valence-electron chi connectivity index (χ2n) is 7.61. The highest BCUT2D eigenvalue weighted by molar-refractivity contribution is 7.14. The molecule has 1 saturated heterocycles. The Morgan fingerprint density at radius 2 is 1.88 bits per heavy atom. The number of thiazole rings is 1. The lowest BCUT2D eigenvalue weighted by atomic mass is 10.0. The van der Waals surface area contributed by atoms with E-state index in [1.165, 1.54) is 39.6 Å². The molecule has 1 atom stereocenters. The summed E-state index contributed by atoms with van der Waals surface area (Å²) in [7, 11) is 0. The number of rotatable bonds is 4. The van der Waals surface area contributed by atoms with Gasteiger partial charge in [-0.05, 0) is 24.6 Å². The van der Waals surface area contributed by atoms with Gasteiger partial charge in [0.1, 0.15) is 17.7 Å². The predicted molar refractivity (Wildman–Crippen MR) is 113 cm³/mol. The molecule has 4 heterocycles. The van der Waals surface area contributed by atoms with E-state index in [1.54, 1.807) is 6.20 Å². The first kappa shape index (κ1) is 21.3. The average molecular weight is 474 g/mol. The molecule has 0 saturated carbocycles. The van der Waals surface area contributed by atoms with Crippen LogP contribution in [0.15, 0.2) is 35.7 Å². The molecule has 12 heteroatoms. The van der Waals surface area contributed by atoms with Crippen LogP contribution in [0.2, 0.25) is 0 Å². The smallest absolute Gasteiger partial charge is 0.341 e. The lowest BCUT2D eigenvalue weighted by Gasteiger charge is -2.40. The summed E-state index contributed by atoms with van der Waals surface area (Å²) in [6, 6.07) is 2.11. The fourth-order valence-electron chi connectivity index (χ4n) is 3.63. The van der Waals surface area contributed by atoms with Gasteiger partial charge < -0.3 is 9.64 Å². The Kier molecular flexibility index (Phi) is 5.44. The quantitative estimate of drug-likeness (QED) is 0.572. The molecule has 5 rings (SSSR count). The van der Waals surface area contributed by atoms with Crippen molar-refractivity contribution in [2.45, 2.75) is 25.5 Å². The van der Waals surface area contributed by atoms with E-state index in [0.29, 0.717) is 22.7 Å². The Morgan fingerprint density at radius 1 is 1.12 bits per heavy atom. The third kappa shape index (κ3) is 4.25. The summed E-state index contributed by atoms with van der Waals surface area (Å²) in [4.78, 5) is 27.3. The van der Waals surface area contributed by atoms with E-state index in [1.807, 2.05) is 6.92 Å². The monoisotopic (exact) mass is 474 g/mol. The van der Waals surface area contributed by atoms with Crippen molar-refractivity contribution in [3.63, 3.8) is 0 Å². The molecular weight excluding hydrogens is 457 g/mol. The Morgan fingerprint density at radius 3 is 2.58 bits per heavy atom. The van der Waals surface area contributed by atoms with Crippen molar-refractivity contribution in [3.8, 4) is 16.6 Å². The van der Waals surface area contributed by atoms with Crippen LogP contribution in [0, 0.1) is 24.4 Å². The Balaban J connectivity index is 1.23. The number of carbonyl (C=O) groups is 1. The number of benzene rings is 1. The van der Waals surface area contributed by atoms with E-state index in [-0.39, 0.29) is 19.0 Å². The first-order chi connectivity index (χ1) is 15.9. The molecular formula is C21H17F3N6O2S. The van der Waals surface area contributed by atoms with E-state index < -0.39 is 35.6 Å². The number of urea groups is 1. The number of nitrogens with zero attached hydrogens (tertiary/aromatic N) is 6. The lowest BCUT2D eigenvalue weighted by molar-refractivity contribution is 0.0230. The molecule has 33 heavy (non-hydrogen) atoms. The van der Waals surface area contributed by atoms with Crippen LogP contribution in [0.25, 0.3) is 10.7 Å². The van der Waals surface area contributed by atoms with Gasteiger partial charge in [-0.3, -0.25) is 0 Å². The first-order valence-corrected chi connectivity index (χ1v) is 10.9. The summed E-state index contributed by atoms with van der Waals surface area (Å²) in [5, 5.41) is 6.10. The second kappa shape index (κ2) is 8.43. The number of hydrazone groups is 1. The molecule has 2 aliphatic rings. The molecule has 1 aromatic carbocycles. The Hall–Kier alpha value is -3.54. The van der Waals surface area contributed by atoms with Crippen LogP contribution in [0.5, 0.6) is 5.88 Å². The van der Waals surface area contributed by atoms with Crippen molar-refractivity contribution in [3.05, 3.63) is 58.6 Å². The largest absolute Gasteiger partial charge is 0.468 e. The fraction of sp³-hybridized carbons (Fsp3) is 0.286. The van der Waals surface area contributed by atoms with Gasteiger partial charge in [0, 0.05) is 24.9 Å². The van der Waals surface area contributed by atoms with Crippen molar-refractivity contribution in [1.29, 1.82) is 0 Å². The number of hydrogen-bond donors (Lipinski definition) is 0. The molecule has 170 valence electrons. The zero-order valence-electron chi connectivity index (χ0n) is 17.3. The van der Waals surface area contributed by atoms with Gasteiger partial charge in [0.05, 0.1) is 35.2 Å². The molecule has 3 aromatic rings. The number of ether oxygens (including phenoxy) is 1. The molecule has 2 aliphatic heterocycles. The van der Waals surface area contributed by atoms with E-state index in [2.05, 4.69) is 20.1 Å². The maximum absolute atomic E-state index is 14.2. The number of carbonyl (C=O) groups excluding carboxylic acids is 1. The zero-order valence-corrected chi connectivity index (χ0v) is 18.1. The van der Waals surface area contributed by atoms with Gasteiger partial charge in [-0.1, -0.05) is 0 Å². The van der Waals surface area contributed by atoms with Gasteiger partial charge in [0.25, 0.3) is 5.88 Å². The third-order valence-electron chi connectivity index (χ3n) is 5.25. The highest BCUT2D eigenvalue weighted by Gasteiger charge is 2.39. The molecule has 0 aliphatic carbocycles. The number of aromatic nitrogens is 3. The summed E-state index contributed by atoms with van der Waals surface area (Å²) >= 11 is 1.38. The summed E-state index contributed by atoms with van der Waals surface area (Å²) < 4.78 is 47.1. The third-order valence-corrected chi connectivity index (χ3v) is 6.15. The molecule has 1 unspecified atom stereocenters. The van der Waals surface area contributed by atoms with Crippen LogP contribution in [0.4, 0.5) is 18.0 Å². The molecule has 1 fully saturated rings. The fourth-order valence-corrected chi connectivity index (χ4v) is 4.35. The van der Waals surface area contributed by atoms with E-state index in [4.69, 9.17) is 4.74 Å². The van der Waals surface area contributed by atoms with E-state index >= 15 is 0 Å². The molecule has 0 bridgehead atoms. The van der Waals surface area contributed by atoms with Gasteiger partial charge >= 0.3 is 6.03 Å². The minimum absolute atomic E-state index is 0.188. The number of amides is 2. The van der Waals surface area contributed by atoms with Gasteiger partial charge in [-0.15, -0.1) is 11.3 Å². The van der Waals surface area contributed by atoms with Crippen LogP contribution in [0.3, 0.4) is 0 Å². The van der Waals surface area contributed by atoms with Gasteiger partial charge in [0.15, 0.2) is 5.82 Å². The maximum Gasteiger partial charge on any atom is 0.341 e. The summed E-state index contributed by atoms with van der Waals surface area (Å²) in [5.41, 5.74) is 0.320. The van der Waals surface area contributed by atoms with Gasteiger partial charge in [-0.25, -0.2) is 28.6 Å². The molecule has 2 aromatic heterocycles. The molecule has 0 radical (unpaired) electrons. The average Bonchev–Trinajstić information content (AvgIpc) is 3.40. The topological polar surface area (TPSA) is 83.8 Å². The standard InChI is InChI=1S/C21H17F3N6O2S/c1-11-25-8-18(33-11)19-26-7-16(24)20(28-19)32-15-9-29(10-15)21(31)30-17(2-3-27-30)12-4-13(22)6-14(23)5-12/h3-8,15,17H,2,9-10H2,1H3. The number of likely N-dealkylation sites (tertiary alicyclic amines) is 1. The van der Waals surface area contributed by atoms with Crippen LogP contribution in [-0.4, -0.2) is 56.3 Å². The predicted octanol–water partition coefficient (Wildman–Crippen LogP) is 3.94. The number of aryl methyl sites for hydroxylation is 1. The van der Waals surface area contributed by atoms with Crippen molar-refractivity contribution >= 4 is 23.6 Å². The zero-order chi connectivity index (χ0) is 23.1. The summed E-state index contributed by atoms with van der Waals surface area (Å²) in [5.74, 6) is -2.04. The highest BCUT2D eigenvalue weighted by Crippen LogP contribution is 2.32. The van der Waals surface area contributed by atoms with Crippen LogP contribution in [-0.2, 0) is 0 Å². The second-order valence-corrected chi connectivity index (χ2v) is 8.85. The van der Waals surface area contributed by atoms with Crippen molar-refractivity contribution in [1.82, 2.24) is 24.9 Å². The lowest BCUT2D eigenvalue weighted by Crippen LogP contribution is -2.59. The summed E-state index contributed by atoms with van der Waals surface area (Å²) in [6.45, 7) is 2.22. The normalized spacial score (nSPS) is 18.0. The Bertz CT molecular complexity index is 1230. The minimum Gasteiger partial charge on any atom is -0.468 e. The van der Waals surface area contributed by atoms with E-state index in [0.717, 1.165) is 17.3 Å². The van der Waals surface area contributed by atoms with Crippen LogP contribution in [0.1, 0.15) is 23.0 Å². The van der Waals surface area contributed by atoms with Crippen LogP contribution < -0.4 is 4.74 Å². The van der Waals surface area contributed by atoms with Crippen LogP contribution >= 0.6 is 11.3 Å². The van der Waals surface area contributed by atoms with Crippen molar-refractivity contribution in [2.24, 2.45) is 5.10 Å². The van der Waals surface area contributed by atoms with Gasteiger partial charge in [-0.2, -0.15) is 14.5 Å². The molecule has 0 spiro atoms. The molecule has 2 amide bonds.